The minimum Gasteiger partial charge on any atom is -0.454 e. The predicted octanol–water partition coefficient (Wildman–Crippen LogP) is 18.5. The van der Waals surface area contributed by atoms with Gasteiger partial charge in [-0.3, -0.25) is 0 Å². The van der Waals surface area contributed by atoms with Crippen LogP contribution in [0.2, 0.25) is 0 Å². The van der Waals surface area contributed by atoms with Crippen LogP contribution in [0.1, 0.15) is 0 Å². The molecule has 0 aliphatic heterocycles. The molecule has 0 atom stereocenters. The van der Waals surface area contributed by atoms with E-state index in [2.05, 4.69) is 265 Å². The molecule has 13 aromatic rings. The Morgan fingerprint density at radius 2 is 0.716 bits per heavy atom. The molecule has 314 valence electrons. The summed E-state index contributed by atoms with van der Waals surface area (Å²) in [5.74, 6) is 0. The largest absolute Gasteiger partial charge is 0.454 e. The summed E-state index contributed by atoms with van der Waals surface area (Å²) in [5.41, 5.74) is 12.9. The summed E-state index contributed by atoms with van der Waals surface area (Å²) >= 11 is 0. The lowest BCUT2D eigenvalue weighted by Crippen LogP contribution is -2.11. The molecule has 0 fully saturated rings. The van der Waals surface area contributed by atoms with Gasteiger partial charge in [0.1, 0.15) is 5.58 Å². The molecule has 0 spiro atoms. The van der Waals surface area contributed by atoms with E-state index in [0.29, 0.717) is 0 Å². The number of anilines is 6. The smallest absolute Gasteiger partial charge is 0.160 e. The van der Waals surface area contributed by atoms with Crippen LogP contribution < -0.4 is 9.80 Å². The lowest BCUT2D eigenvalue weighted by atomic mass is 9.91. The normalized spacial score (nSPS) is 11.6. The van der Waals surface area contributed by atoms with Crippen LogP contribution in [0.5, 0.6) is 0 Å². The van der Waals surface area contributed by atoms with Gasteiger partial charge in [-0.1, -0.05) is 194 Å². The Morgan fingerprint density at radius 3 is 1.33 bits per heavy atom. The fourth-order valence-electron chi connectivity index (χ4n) is 10.4. The van der Waals surface area contributed by atoms with Crippen molar-refractivity contribution < 1.29 is 4.42 Å². The van der Waals surface area contributed by atoms with E-state index >= 15 is 0 Å². The van der Waals surface area contributed by atoms with Crippen LogP contribution in [0.4, 0.5) is 34.1 Å². The Morgan fingerprint density at radius 1 is 0.269 bits per heavy atom. The quantitative estimate of drug-likeness (QED) is 0.152. The SMILES string of the molecule is c1ccc(-c2ccc(N(c3ccccc3)c3ccc(-c4ccc(N(c5ccccc5)c5cc6ccccc6c6c5oc5ccc7ccccc7c56)c5ccccc45)c4ccccc34)cc2)cc1. The number of rotatable bonds is 8. The minimum absolute atomic E-state index is 0.862. The van der Waals surface area contributed by atoms with Crippen LogP contribution in [-0.2, 0) is 0 Å². The Balaban J connectivity index is 1.01. The van der Waals surface area contributed by atoms with Gasteiger partial charge in [-0.05, 0) is 115 Å². The fourth-order valence-corrected chi connectivity index (χ4v) is 10.4. The third kappa shape index (κ3) is 6.43. The average molecular weight is 855 g/mol. The van der Waals surface area contributed by atoms with Gasteiger partial charge in [-0.2, -0.15) is 0 Å². The standard InChI is InChI=1S/C64H42N2O/c1-4-18-43(19-5-1)44-32-35-49(36-33-44)65(47-22-6-2-7-23-47)58-39-37-54(52-28-14-16-30-56(52)58)55-38-40-59(57-31-17-15-29-53(55)57)66(48-24-8-3-9-25-48)60-42-46-21-11-13-27-51(46)63-62-50-26-12-10-20-45(50)34-41-61(62)67-64(60)63/h1-42H. The van der Waals surface area contributed by atoms with E-state index in [9.17, 15) is 0 Å². The molecule has 13 rings (SSSR count). The van der Waals surface area contributed by atoms with Gasteiger partial charge in [0.25, 0.3) is 0 Å². The minimum atomic E-state index is 0.862. The molecular weight excluding hydrogens is 813 g/mol. The molecule has 0 unspecified atom stereocenters. The molecule has 0 aliphatic carbocycles. The van der Waals surface area contributed by atoms with Crippen molar-refractivity contribution in [3.63, 3.8) is 0 Å². The predicted molar refractivity (Wildman–Crippen MR) is 284 cm³/mol. The molecule has 1 aromatic heterocycles. The molecule has 0 saturated heterocycles. The number of fused-ring (bicyclic) bond motifs is 9. The topological polar surface area (TPSA) is 19.6 Å². The van der Waals surface area contributed by atoms with E-state index in [1.54, 1.807) is 0 Å². The number of hydrogen-bond donors (Lipinski definition) is 0. The average Bonchev–Trinajstić information content (AvgIpc) is 3.81. The van der Waals surface area contributed by atoms with Crippen LogP contribution in [0, 0.1) is 0 Å². The summed E-state index contributed by atoms with van der Waals surface area (Å²) in [6, 6.07) is 91.8. The van der Waals surface area contributed by atoms with Crippen LogP contribution in [0.15, 0.2) is 259 Å². The monoisotopic (exact) mass is 854 g/mol. The zero-order valence-electron chi connectivity index (χ0n) is 36.6. The second kappa shape index (κ2) is 16.0. The highest BCUT2D eigenvalue weighted by Crippen LogP contribution is 2.50. The Kier molecular flexibility index (Phi) is 9.17. The van der Waals surface area contributed by atoms with Crippen molar-refractivity contribution in [1.29, 1.82) is 0 Å². The van der Waals surface area contributed by atoms with E-state index < -0.39 is 0 Å². The number of benzene rings is 12. The molecule has 0 radical (unpaired) electrons. The van der Waals surface area contributed by atoms with Crippen molar-refractivity contribution in [2.24, 2.45) is 0 Å². The summed E-state index contributed by atoms with van der Waals surface area (Å²) in [4.78, 5) is 4.78. The lowest BCUT2D eigenvalue weighted by molar-refractivity contribution is 0.669. The van der Waals surface area contributed by atoms with Crippen molar-refractivity contribution in [2.75, 3.05) is 9.80 Å². The molecule has 67 heavy (non-hydrogen) atoms. The van der Waals surface area contributed by atoms with E-state index in [-0.39, 0.29) is 0 Å². The molecule has 3 heteroatoms. The molecule has 0 saturated carbocycles. The van der Waals surface area contributed by atoms with Crippen LogP contribution >= 0.6 is 0 Å². The number of furan rings is 1. The molecule has 3 nitrogen and oxygen atoms in total. The van der Waals surface area contributed by atoms with Gasteiger partial charge < -0.3 is 14.2 Å². The van der Waals surface area contributed by atoms with Gasteiger partial charge >= 0.3 is 0 Å². The van der Waals surface area contributed by atoms with Crippen molar-refractivity contribution in [3.05, 3.63) is 255 Å². The maximum Gasteiger partial charge on any atom is 0.160 e. The molecule has 0 amide bonds. The van der Waals surface area contributed by atoms with Crippen molar-refractivity contribution >= 4 is 99.2 Å². The van der Waals surface area contributed by atoms with E-state index in [1.165, 1.54) is 54.6 Å². The molecule has 0 aliphatic rings. The molecular formula is C64H42N2O. The third-order valence-corrected chi connectivity index (χ3v) is 13.4. The van der Waals surface area contributed by atoms with Gasteiger partial charge in [0.15, 0.2) is 5.58 Å². The Bertz CT molecular complexity index is 3970. The van der Waals surface area contributed by atoms with Gasteiger partial charge in [0.2, 0.25) is 0 Å². The van der Waals surface area contributed by atoms with Gasteiger partial charge in [-0.25, -0.2) is 0 Å². The van der Waals surface area contributed by atoms with Crippen molar-refractivity contribution in [1.82, 2.24) is 0 Å². The maximum absolute atomic E-state index is 7.05. The first kappa shape index (κ1) is 38.5. The molecule has 1 heterocycles. The van der Waals surface area contributed by atoms with Crippen LogP contribution in [0.3, 0.4) is 0 Å². The molecule has 12 aromatic carbocycles. The number of para-hydroxylation sites is 2. The molecule has 0 bridgehead atoms. The first-order valence-corrected chi connectivity index (χ1v) is 22.9. The van der Waals surface area contributed by atoms with Crippen LogP contribution in [0.25, 0.3) is 87.3 Å². The summed E-state index contributed by atoms with van der Waals surface area (Å²) in [7, 11) is 0. The Hall–Kier alpha value is -8.92. The first-order chi connectivity index (χ1) is 33.3. The van der Waals surface area contributed by atoms with Gasteiger partial charge in [-0.15, -0.1) is 0 Å². The zero-order chi connectivity index (χ0) is 44.3. The summed E-state index contributed by atoms with van der Waals surface area (Å²) in [6.07, 6.45) is 0. The summed E-state index contributed by atoms with van der Waals surface area (Å²) in [6.45, 7) is 0. The first-order valence-electron chi connectivity index (χ1n) is 22.9. The van der Waals surface area contributed by atoms with E-state index in [1.807, 2.05) is 0 Å². The van der Waals surface area contributed by atoms with Gasteiger partial charge in [0, 0.05) is 38.6 Å². The highest BCUT2D eigenvalue weighted by atomic mass is 16.3. The van der Waals surface area contributed by atoms with Crippen LogP contribution in [-0.4, -0.2) is 0 Å². The van der Waals surface area contributed by atoms with Crippen molar-refractivity contribution in [2.45, 2.75) is 0 Å². The number of nitrogens with zero attached hydrogens (tertiary/aromatic N) is 2. The molecule has 0 N–H and O–H groups in total. The summed E-state index contributed by atoms with van der Waals surface area (Å²) < 4.78 is 7.05. The fraction of sp³-hybridized carbons (Fsp3) is 0. The zero-order valence-corrected chi connectivity index (χ0v) is 36.6. The second-order valence-electron chi connectivity index (χ2n) is 17.2. The third-order valence-electron chi connectivity index (χ3n) is 13.4. The second-order valence-corrected chi connectivity index (χ2v) is 17.2. The summed E-state index contributed by atoms with van der Waals surface area (Å²) in [5, 5.41) is 11.7. The highest BCUT2D eigenvalue weighted by molar-refractivity contribution is 6.29. The number of hydrogen-bond acceptors (Lipinski definition) is 3. The Labute approximate surface area is 388 Å². The van der Waals surface area contributed by atoms with E-state index in [4.69, 9.17) is 4.42 Å². The van der Waals surface area contributed by atoms with Gasteiger partial charge in [0.05, 0.1) is 17.1 Å². The van der Waals surface area contributed by atoms with E-state index in [0.717, 1.165) is 66.8 Å². The lowest BCUT2D eigenvalue weighted by Gasteiger charge is -2.29. The highest BCUT2D eigenvalue weighted by Gasteiger charge is 2.25. The maximum atomic E-state index is 7.05. The van der Waals surface area contributed by atoms with Crippen molar-refractivity contribution in [3.8, 4) is 22.3 Å².